The van der Waals surface area contributed by atoms with Gasteiger partial charge in [-0.25, -0.2) is 4.39 Å². The molecular formula is C20H23FN4O. The lowest BCUT2D eigenvalue weighted by atomic mass is 9.96. The summed E-state index contributed by atoms with van der Waals surface area (Å²) in [6.45, 7) is 3.99. The Morgan fingerprint density at radius 1 is 1.12 bits per heavy atom. The number of fused-ring (bicyclic) bond motifs is 1. The third kappa shape index (κ3) is 3.16. The number of aryl methyl sites for hydroxylation is 1. The molecule has 1 atom stereocenters. The van der Waals surface area contributed by atoms with E-state index in [1.54, 1.807) is 17.0 Å². The van der Waals surface area contributed by atoms with Crippen LogP contribution in [-0.4, -0.2) is 35.2 Å². The van der Waals surface area contributed by atoms with Crippen molar-refractivity contribution in [2.24, 2.45) is 0 Å². The number of hydrogen-bond acceptors (Lipinski definition) is 4. The van der Waals surface area contributed by atoms with E-state index in [0.29, 0.717) is 5.69 Å². The first kappa shape index (κ1) is 16.9. The summed E-state index contributed by atoms with van der Waals surface area (Å²) in [6.07, 6.45) is 5.18. The molecule has 1 aromatic carbocycles. The van der Waals surface area contributed by atoms with Gasteiger partial charge in [0.1, 0.15) is 5.82 Å². The highest BCUT2D eigenvalue weighted by atomic mass is 19.1. The summed E-state index contributed by atoms with van der Waals surface area (Å²) in [7, 11) is 0. The molecule has 1 aromatic heterocycles. The average Bonchev–Trinajstić information content (AvgIpc) is 2.68. The highest BCUT2D eigenvalue weighted by Crippen LogP contribution is 2.32. The number of carbonyl (C=O) groups is 1. The van der Waals surface area contributed by atoms with Crippen molar-refractivity contribution in [3.63, 3.8) is 0 Å². The molecule has 0 radical (unpaired) electrons. The van der Waals surface area contributed by atoms with Crippen molar-refractivity contribution >= 4 is 17.4 Å². The minimum atomic E-state index is -0.267. The largest absolute Gasteiger partial charge is 0.355 e. The van der Waals surface area contributed by atoms with Gasteiger partial charge in [0.15, 0.2) is 11.5 Å². The van der Waals surface area contributed by atoms with Gasteiger partial charge in [0.05, 0.1) is 0 Å². The Balaban J connectivity index is 1.59. The number of benzene rings is 1. The zero-order valence-electron chi connectivity index (χ0n) is 15.0. The lowest BCUT2D eigenvalue weighted by Gasteiger charge is -2.35. The summed E-state index contributed by atoms with van der Waals surface area (Å²) >= 11 is 0. The van der Waals surface area contributed by atoms with Crippen LogP contribution >= 0.6 is 0 Å². The van der Waals surface area contributed by atoms with Crippen LogP contribution in [0.25, 0.3) is 0 Å². The van der Waals surface area contributed by atoms with Crippen LogP contribution in [-0.2, 0) is 6.42 Å². The first-order valence-electron chi connectivity index (χ1n) is 9.34. The zero-order valence-corrected chi connectivity index (χ0v) is 15.0. The molecule has 2 aliphatic heterocycles. The van der Waals surface area contributed by atoms with Gasteiger partial charge >= 0.3 is 0 Å². The quantitative estimate of drug-likeness (QED) is 0.827. The summed E-state index contributed by atoms with van der Waals surface area (Å²) in [5.41, 5.74) is 1.97. The summed E-state index contributed by atoms with van der Waals surface area (Å²) in [5.74, 6) is 0.384. The minimum Gasteiger partial charge on any atom is -0.355 e. The number of nitrogens with zero attached hydrogens (tertiary/aromatic N) is 4. The van der Waals surface area contributed by atoms with Crippen LogP contribution in [0.15, 0.2) is 30.3 Å². The van der Waals surface area contributed by atoms with Crippen LogP contribution in [0.5, 0.6) is 0 Å². The molecule has 1 fully saturated rings. The third-order valence-corrected chi connectivity index (χ3v) is 5.34. The molecule has 136 valence electrons. The first-order chi connectivity index (χ1) is 12.6. The number of piperidine rings is 1. The molecule has 4 rings (SSSR count). The summed E-state index contributed by atoms with van der Waals surface area (Å²) < 4.78 is 13.5. The van der Waals surface area contributed by atoms with Crippen molar-refractivity contribution < 1.29 is 9.18 Å². The van der Waals surface area contributed by atoms with Gasteiger partial charge in [-0.1, -0.05) is 0 Å². The maximum absolute atomic E-state index is 13.5. The second kappa shape index (κ2) is 7.02. The van der Waals surface area contributed by atoms with Gasteiger partial charge in [-0.05, 0) is 74.9 Å². The molecule has 3 heterocycles. The predicted octanol–water partition coefficient (Wildman–Crippen LogP) is 3.59. The Bertz CT molecular complexity index is 802. The molecule has 0 aliphatic carbocycles. The number of halogens is 1. The Hall–Kier alpha value is -2.50. The summed E-state index contributed by atoms with van der Waals surface area (Å²) in [5, 5.41) is 8.48. The topological polar surface area (TPSA) is 49.3 Å². The Kier molecular flexibility index (Phi) is 4.57. The fraction of sp³-hybridized carbons (Fsp3) is 0.450. The van der Waals surface area contributed by atoms with Gasteiger partial charge in [0.2, 0.25) is 0 Å². The predicted molar refractivity (Wildman–Crippen MR) is 99.1 cm³/mol. The molecule has 1 amide bonds. The van der Waals surface area contributed by atoms with E-state index < -0.39 is 0 Å². The zero-order chi connectivity index (χ0) is 18.1. The van der Waals surface area contributed by atoms with E-state index >= 15 is 0 Å². The monoisotopic (exact) mass is 354 g/mol. The van der Waals surface area contributed by atoms with Crippen LogP contribution in [0, 0.1) is 5.82 Å². The Morgan fingerprint density at radius 3 is 2.65 bits per heavy atom. The van der Waals surface area contributed by atoms with Gasteiger partial charge in [-0.15, -0.1) is 10.2 Å². The van der Waals surface area contributed by atoms with E-state index in [0.717, 1.165) is 43.0 Å². The standard InChI is InChI=1S/C20H23FN4O/c1-14-5-6-15-13-16(21)7-9-18(15)25(14)20(26)17-8-10-19(23-22-17)24-11-3-2-4-12-24/h7-10,13-14H,2-6,11-12H2,1H3. The van der Waals surface area contributed by atoms with E-state index in [1.165, 1.54) is 31.4 Å². The molecule has 0 N–H and O–H groups in total. The first-order valence-corrected chi connectivity index (χ1v) is 9.34. The SMILES string of the molecule is CC1CCc2cc(F)ccc2N1C(=O)c1ccc(N2CCCCC2)nn1. The molecular weight excluding hydrogens is 331 g/mol. The smallest absolute Gasteiger partial charge is 0.279 e. The minimum absolute atomic E-state index is 0.0454. The maximum Gasteiger partial charge on any atom is 0.279 e. The van der Waals surface area contributed by atoms with E-state index in [2.05, 4.69) is 15.1 Å². The number of amides is 1. The Morgan fingerprint density at radius 2 is 1.92 bits per heavy atom. The van der Waals surface area contributed by atoms with Crippen molar-refractivity contribution in [2.75, 3.05) is 22.9 Å². The highest BCUT2D eigenvalue weighted by molar-refractivity contribution is 6.05. The fourth-order valence-electron chi connectivity index (χ4n) is 3.88. The number of aromatic nitrogens is 2. The van der Waals surface area contributed by atoms with Gasteiger partial charge in [-0.2, -0.15) is 0 Å². The number of carbonyl (C=O) groups excluding carboxylic acids is 1. The van der Waals surface area contributed by atoms with Gasteiger partial charge < -0.3 is 9.80 Å². The van der Waals surface area contributed by atoms with Crippen molar-refractivity contribution in [3.05, 3.63) is 47.4 Å². The average molecular weight is 354 g/mol. The van der Waals surface area contributed by atoms with Crippen LogP contribution in [0.3, 0.4) is 0 Å². The van der Waals surface area contributed by atoms with Crippen LogP contribution in [0.1, 0.15) is 48.7 Å². The molecule has 0 bridgehead atoms. The van der Waals surface area contributed by atoms with Crippen molar-refractivity contribution in [3.8, 4) is 0 Å². The molecule has 6 heteroatoms. The molecule has 1 unspecified atom stereocenters. The maximum atomic E-state index is 13.5. The summed E-state index contributed by atoms with van der Waals surface area (Å²) in [6, 6.07) is 8.29. The van der Waals surface area contributed by atoms with E-state index in [9.17, 15) is 9.18 Å². The van der Waals surface area contributed by atoms with Crippen LogP contribution in [0.2, 0.25) is 0 Å². The molecule has 1 saturated heterocycles. The second-order valence-corrected chi connectivity index (χ2v) is 7.16. The van der Waals surface area contributed by atoms with E-state index in [4.69, 9.17) is 0 Å². The summed E-state index contributed by atoms with van der Waals surface area (Å²) in [4.78, 5) is 17.0. The molecule has 5 nitrogen and oxygen atoms in total. The van der Waals surface area contributed by atoms with E-state index in [-0.39, 0.29) is 17.8 Å². The van der Waals surface area contributed by atoms with E-state index in [1.807, 2.05) is 13.0 Å². The molecule has 2 aliphatic rings. The Labute approximate surface area is 152 Å². The lowest BCUT2D eigenvalue weighted by molar-refractivity contribution is 0.0969. The second-order valence-electron chi connectivity index (χ2n) is 7.16. The van der Waals surface area contributed by atoms with Crippen molar-refractivity contribution in [1.29, 1.82) is 0 Å². The van der Waals surface area contributed by atoms with Crippen LogP contribution in [0.4, 0.5) is 15.9 Å². The van der Waals surface area contributed by atoms with Crippen LogP contribution < -0.4 is 9.80 Å². The van der Waals surface area contributed by atoms with Crippen molar-refractivity contribution in [2.45, 2.75) is 45.1 Å². The molecule has 26 heavy (non-hydrogen) atoms. The third-order valence-electron chi connectivity index (χ3n) is 5.34. The normalized spacial score (nSPS) is 20.0. The number of anilines is 2. The van der Waals surface area contributed by atoms with Gasteiger partial charge in [-0.3, -0.25) is 4.79 Å². The number of hydrogen-bond donors (Lipinski definition) is 0. The number of rotatable bonds is 2. The van der Waals surface area contributed by atoms with Gasteiger partial charge in [0.25, 0.3) is 5.91 Å². The molecule has 2 aromatic rings. The van der Waals surface area contributed by atoms with Gasteiger partial charge in [0, 0.05) is 24.8 Å². The fourth-order valence-corrected chi connectivity index (χ4v) is 3.88. The van der Waals surface area contributed by atoms with Crippen molar-refractivity contribution in [1.82, 2.24) is 10.2 Å². The molecule has 0 saturated carbocycles. The molecule has 0 spiro atoms. The highest BCUT2D eigenvalue weighted by Gasteiger charge is 2.30. The lowest BCUT2D eigenvalue weighted by Crippen LogP contribution is -2.42.